The molecule has 154 valence electrons. The third-order valence-corrected chi connectivity index (χ3v) is 4.42. The van der Waals surface area contributed by atoms with E-state index in [0.29, 0.717) is 12.2 Å². The quantitative estimate of drug-likeness (QED) is 0.536. The molecule has 3 rings (SSSR count). The van der Waals surface area contributed by atoms with Crippen LogP contribution in [0, 0.1) is 5.82 Å². The van der Waals surface area contributed by atoms with Crippen molar-refractivity contribution in [2.45, 2.75) is 6.42 Å². The van der Waals surface area contributed by atoms with Crippen LogP contribution in [0.1, 0.15) is 21.5 Å². The zero-order valence-corrected chi connectivity index (χ0v) is 16.4. The van der Waals surface area contributed by atoms with Gasteiger partial charge in [0.15, 0.2) is 6.61 Å². The van der Waals surface area contributed by atoms with E-state index in [1.54, 1.807) is 6.07 Å². The monoisotopic (exact) mass is 406 g/mol. The third-order valence-electron chi connectivity index (χ3n) is 4.42. The van der Waals surface area contributed by atoms with Gasteiger partial charge in [-0.05, 0) is 29.3 Å². The number of hydrogen-bond donors (Lipinski definition) is 2. The number of carbonyl (C=O) groups excluding carboxylic acids is 2. The maximum absolute atomic E-state index is 13.6. The molecular weight excluding hydrogens is 383 g/mol. The van der Waals surface area contributed by atoms with Gasteiger partial charge in [0.1, 0.15) is 11.6 Å². The number of ether oxygens (including phenoxy) is 1. The summed E-state index contributed by atoms with van der Waals surface area (Å²) in [6, 6.07) is 23.4. The summed E-state index contributed by atoms with van der Waals surface area (Å²) < 4.78 is 19.2. The molecule has 0 unspecified atom stereocenters. The molecule has 3 aromatic carbocycles. The predicted octanol–water partition coefficient (Wildman–Crippen LogP) is 3.34. The molecular formula is C24H23FN2O3. The van der Waals surface area contributed by atoms with Crippen LogP contribution in [-0.2, 0) is 11.2 Å². The molecule has 2 N–H and O–H groups in total. The molecule has 0 aliphatic heterocycles. The average molecular weight is 406 g/mol. The first-order chi connectivity index (χ1) is 14.6. The van der Waals surface area contributed by atoms with Gasteiger partial charge in [-0.15, -0.1) is 0 Å². The summed E-state index contributed by atoms with van der Waals surface area (Å²) >= 11 is 0. The molecule has 6 heteroatoms. The van der Waals surface area contributed by atoms with E-state index >= 15 is 0 Å². The van der Waals surface area contributed by atoms with Crippen LogP contribution in [0.4, 0.5) is 4.39 Å². The third kappa shape index (κ3) is 6.17. The van der Waals surface area contributed by atoms with Crippen LogP contribution >= 0.6 is 0 Å². The summed E-state index contributed by atoms with van der Waals surface area (Å²) in [5, 5.41) is 5.24. The summed E-state index contributed by atoms with van der Waals surface area (Å²) in [5.41, 5.74) is 2.12. The van der Waals surface area contributed by atoms with Crippen LogP contribution in [0.3, 0.4) is 0 Å². The fraction of sp³-hybridized carbons (Fsp3) is 0.167. The molecule has 0 fully saturated rings. The summed E-state index contributed by atoms with van der Waals surface area (Å²) in [6.45, 7) is 0.268. The average Bonchev–Trinajstić information content (AvgIpc) is 2.77. The van der Waals surface area contributed by atoms with E-state index in [0.717, 1.165) is 11.1 Å². The highest BCUT2D eigenvalue weighted by atomic mass is 19.1. The number of nitrogens with one attached hydrogen (secondary N) is 2. The fourth-order valence-corrected chi connectivity index (χ4v) is 2.92. The second-order valence-corrected chi connectivity index (χ2v) is 6.64. The second kappa shape index (κ2) is 10.8. The number of benzene rings is 3. The van der Waals surface area contributed by atoms with E-state index in [2.05, 4.69) is 10.6 Å². The van der Waals surface area contributed by atoms with Crippen molar-refractivity contribution in [2.75, 3.05) is 19.7 Å². The highest BCUT2D eigenvalue weighted by Gasteiger charge is 2.10. The van der Waals surface area contributed by atoms with E-state index in [4.69, 9.17) is 4.74 Å². The predicted molar refractivity (Wildman–Crippen MR) is 113 cm³/mol. The Morgan fingerprint density at radius 3 is 2.27 bits per heavy atom. The Morgan fingerprint density at radius 1 is 0.800 bits per heavy atom. The molecule has 2 amide bonds. The van der Waals surface area contributed by atoms with Crippen molar-refractivity contribution in [3.63, 3.8) is 0 Å². The summed E-state index contributed by atoms with van der Waals surface area (Å²) in [5.74, 6) is -0.746. The van der Waals surface area contributed by atoms with Crippen molar-refractivity contribution in [2.24, 2.45) is 0 Å². The number of hydrogen-bond acceptors (Lipinski definition) is 3. The first-order valence-electron chi connectivity index (χ1n) is 9.67. The second-order valence-electron chi connectivity index (χ2n) is 6.64. The van der Waals surface area contributed by atoms with Gasteiger partial charge in [-0.2, -0.15) is 0 Å². The number of amides is 2. The van der Waals surface area contributed by atoms with Crippen molar-refractivity contribution in [3.05, 3.63) is 101 Å². The Labute approximate surface area is 174 Å². The Morgan fingerprint density at radius 2 is 1.47 bits per heavy atom. The van der Waals surface area contributed by atoms with Crippen LogP contribution in [-0.4, -0.2) is 31.5 Å². The van der Waals surface area contributed by atoms with Crippen molar-refractivity contribution in [3.8, 4) is 5.75 Å². The Kier molecular flexibility index (Phi) is 7.55. The fourth-order valence-electron chi connectivity index (χ4n) is 2.92. The summed E-state index contributed by atoms with van der Waals surface area (Å²) in [4.78, 5) is 24.0. The van der Waals surface area contributed by atoms with Gasteiger partial charge in [0.05, 0.1) is 5.56 Å². The van der Waals surface area contributed by atoms with Gasteiger partial charge in [-0.3, -0.25) is 9.59 Å². The number of rotatable bonds is 9. The lowest BCUT2D eigenvalue weighted by Crippen LogP contribution is -2.37. The van der Waals surface area contributed by atoms with Crippen molar-refractivity contribution >= 4 is 11.8 Å². The van der Waals surface area contributed by atoms with E-state index < -0.39 is 11.7 Å². The first kappa shape index (κ1) is 21.0. The van der Waals surface area contributed by atoms with Crippen molar-refractivity contribution in [1.82, 2.24) is 10.6 Å². The maximum Gasteiger partial charge on any atom is 0.258 e. The summed E-state index contributed by atoms with van der Waals surface area (Å²) in [6.07, 6.45) is 0.709. The number of carbonyl (C=O) groups is 2. The minimum absolute atomic E-state index is 0.0258. The largest absolute Gasteiger partial charge is 0.483 e. The minimum Gasteiger partial charge on any atom is -0.483 e. The topological polar surface area (TPSA) is 67.4 Å². The Balaban J connectivity index is 1.42. The van der Waals surface area contributed by atoms with Gasteiger partial charge in [-0.1, -0.05) is 60.7 Å². The van der Waals surface area contributed by atoms with Gasteiger partial charge in [0, 0.05) is 19.5 Å². The summed E-state index contributed by atoms with van der Waals surface area (Å²) in [7, 11) is 0. The zero-order chi connectivity index (χ0) is 21.2. The van der Waals surface area contributed by atoms with Crippen LogP contribution in [0.2, 0.25) is 0 Å². The smallest absolute Gasteiger partial charge is 0.258 e. The Hall–Kier alpha value is -3.67. The van der Waals surface area contributed by atoms with Crippen LogP contribution in [0.25, 0.3) is 0 Å². The zero-order valence-electron chi connectivity index (χ0n) is 16.4. The van der Waals surface area contributed by atoms with Gasteiger partial charge >= 0.3 is 0 Å². The van der Waals surface area contributed by atoms with Crippen molar-refractivity contribution in [1.29, 1.82) is 0 Å². The standard InChI is InChI=1S/C24H23FN2O3/c25-21-12-6-5-11-20(21)24(29)27-15-14-26-23(28)17-30-22-13-7-4-10-19(22)16-18-8-2-1-3-9-18/h1-13H,14-17H2,(H,26,28)(H,27,29). The van der Waals surface area contributed by atoms with Gasteiger partial charge in [-0.25, -0.2) is 4.39 Å². The molecule has 0 heterocycles. The highest BCUT2D eigenvalue weighted by Crippen LogP contribution is 2.21. The van der Waals surface area contributed by atoms with E-state index in [9.17, 15) is 14.0 Å². The van der Waals surface area contributed by atoms with Gasteiger partial charge in [0.2, 0.25) is 0 Å². The minimum atomic E-state index is -0.582. The van der Waals surface area contributed by atoms with Crippen LogP contribution in [0.15, 0.2) is 78.9 Å². The molecule has 5 nitrogen and oxygen atoms in total. The molecule has 3 aromatic rings. The van der Waals surface area contributed by atoms with Crippen LogP contribution < -0.4 is 15.4 Å². The molecule has 0 saturated carbocycles. The molecule has 0 aromatic heterocycles. The molecule has 0 aliphatic rings. The molecule has 0 saturated heterocycles. The lowest BCUT2D eigenvalue weighted by molar-refractivity contribution is -0.123. The van der Waals surface area contributed by atoms with Gasteiger partial charge < -0.3 is 15.4 Å². The van der Waals surface area contributed by atoms with E-state index in [1.165, 1.54) is 18.2 Å². The van der Waals surface area contributed by atoms with E-state index in [1.807, 2.05) is 54.6 Å². The van der Waals surface area contributed by atoms with Gasteiger partial charge in [0.25, 0.3) is 11.8 Å². The highest BCUT2D eigenvalue weighted by molar-refractivity contribution is 5.94. The SMILES string of the molecule is O=C(COc1ccccc1Cc1ccccc1)NCCNC(=O)c1ccccc1F. The molecule has 0 bridgehead atoms. The van der Waals surface area contributed by atoms with Crippen molar-refractivity contribution < 1.29 is 18.7 Å². The Bertz CT molecular complexity index is 993. The molecule has 30 heavy (non-hydrogen) atoms. The molecule has 0 spiro atoms. The molecule has 0 atom stereocenters. The first-order valence-corrected chi connectivity index (χ1v) is 9.67. The lowest BCUT2D eigenvalue weighted by atomic mass is 10.0. The van der Waals surface area contributed by atoms with E-state index in [-0.39, 0.29) is 31.2 Å². The molecule has 0 aliphatic carbocycles. The normalized spacial score (nSPS) is 10.3. The maximum atomic E-state index is 13.6. The lowest BCUT2D eigenvalue weighted by Gasteiger charge is -2.12. The molecule has 0 radical (unpaired) electrons. The van der Waals surface area contributed by atoms with Crippen LogP contribution in [0.5, 0.6) is 5.75 Å². The number of halogens is 1. The number of para-hydroxylation sites is 1.